The van der Waals surface area contributed by atoms with Crippen molar-refractivity contribution in [3.05, 3.63) is 27.9 Å². The monoisotopic (exact) mass is 384 g/mol. The van der Waals surface area contributed by atoms with Crippen LogP contribution in [-0.2, 0) is 6.54 Å². The van der Waals surface area contributed by atoms with E-state index in [9.17, 15) is 5.11 Å². The molecular formula is C15H21BrN4OS. The molecule has 1 saturated carbocycles. The molecule has 0 radical (unpaired) electrons. The minimum absolute atomic E-state index is 0.574. The third-order valence-corrected chi connectivity index (χ3v) is 5.43. The van der Waals surface area contributed by atoms with E-state index in [0.29, 0.717) is 6.54 Å². The lowest BCUT2D eigenvalue weighted by atomic mass is 9.95. The van der Waals surface area contributed by atoms with Gasteiger partial charge in [0.1, 0.15) is 0 Å². The molecule has 0 amide bonds. The lowest BCUT2D eigenvalue weighted by molar-refractivity contribution is 0.0381. The number of aromatic nitrogens is 3. The molecular weight excluding hydrogens is 364 g/mol. The summed E-state index contributed by atoms with van der Waals surface area (Å²) in [4.78, 5) is 5.55. The molecule has 7 heteroatoms. The van der Waals surface area contributed by atoms with Crippen LogP contribution in [0.1, 0.15) is 43.4 Å². The molecule has 0 saturated heterocycles. The summed E-state index contributed by atoms with van der Waals surface area (Å²) in [6.07, 6.45) is 12.1. The number of thiazole rings is 1. The normalized spacial score (nSPS) is 18.1. The van der Waals surface area contributed by atoms with Crippen LogP contribution in [0.3, 0.4) is 0 Å². The lowest BCUT2D eigenvalue weighted by Crippen LogP contribution is -2.36. The Morgan fingerprint density at radius 3 is 2.73 bits per heavy atom. The Bertz CT molecular complexity index is 604. The van der Waals surface area contributed by atoms with Crippen LogP contribution in [0.25, 0.3) is 0 Å². The lowest BCUT2D eigenvalue weighted by Gasteiger charge is -2.26. The molecule has 2 N–H and O–H groups in total. The van der Waals surface area contributed by atoms with Crippen LogP contribution in [-0.4, -0.2) is 32.0 Å². The summed E-state index contributed by atoms with van der Waals surface area (Å²) in [6.45, 7) is 1.31. The van der Waals surface area contributed by atoms with E-state index in [0.717, 1.165) is 46.7 Å². The van der Waals surface area contributed by atoms with Crippen LogP contribution in [0.4, 0.5) is 5.13 Å². The molecule has 3 rings (SSSR count). The van der Waals surface area contributed by atoms with Gasteiger partial charge in [-0.15, -0.1) is 11.3 Å². The van der Waals surface area contributed by atoms with Gasteiger partial charge in [-0.1, -0.05) is 25.7 Å². The summed E-state index contributed by atoms with van der Waals surface area (Å²) in [5.41, 5.74) is -0.574. The molecule has 2 heterocycles. The van der Waals surface area contributed by atoms with Gasteiger partial charge in [0.2, 0.25) is 0 Å². The Morgan fingerprint density at radius 2 is 2.05 bits per heavy atom. The number of nitrogens with zero attached hydrogens (tertiary/aromatic N) is 3. The zero-order valence-corrected chi connectivity index (χ0v) is 14.9. The molecule has 0 bridgehead atoms. The van der Waals surface area contributed by atoms with Crippen LogP contribution in [0.5, 0.6) is 0 Å². The Kier molecular flexibility index (Phi) is 5.15. The summed E-state index contributed by atoms with van der Waals surface area (Å²) < 4.78 is 2.85. The van der Waals surface area contributed by atoms with E-state index in [-0.39, 0.29) is 0 Å². The number of anilines is 1. The highest BCUT2D eigenvalue weighted by atomic mass is 79.9. The Balaban J connectivity index is 1.55. The first-order chi connectivity index (χ1) is 10.6. The highest BCUT2D eigenvalue weighted by molar-refractivity contribution is 9.10. The summed E-state index contributed by atoms with van der Waals surface area (Å²) >= 11 is 5.02. The van der Waals surface area contributed by atoms with Gasteiger partial charge >= 0.3 is 0 Å². The summed E-state index contributed by atoms with van der Waals surface area (Å²) in [5, 5.41) is 19.1. The second-order valence-corrected chi connectivity index (χ2v) is 8.01. The van der Waals surface area contributed by atoms with Crippen molar-refractivity contribution in [1.82, 2.24) is 14.8 Å². The Labute approximate surface area is 142 Å². The fourth-order valence-corrected chi connectivity index (χ4v) is 3.98. The van der Waals surface area contributed by atoms with Gasteiger partial charge < -0.3 is 10.4 Å². The predicted octanol–water partition coefficient (Wildman–Crippen LogP) is 3.65. The molecule has 22 heavy (non-hydrogen) atoms. The number of hydrogen-bond acceptors (Lipinski definition) is 5. The average Bonchev–Trinajstić information content (AvgIpc) is 3.04. The summed E-state index contributed by atoms with van der Waals surface area (Å²) in [6, 6.07) is 0. The smallest absolute Gasteiger partial charge is 0.183 e. The van der Waals surface area contributed by atoms with Gasteiger partial charge in [-0.25, -0.2) is 4.98 Å². The van der Waals surface area contributed by atoms with Crippen LogP contribution < -0.4 is 5.32 Å². The van der Waals surface area contributed by atoms with E-state index < -0.39 is 5.60 Å². The molecule has 1 fully saturated rings. The zero-order valence-electron chi connectivity index (χ0n) is 12.5. The maximum atomic E-state index is 10.7. The number of nitrogens with one attached hydrogen (secondary N) is 1. The van der Waals surface area contributed by atoms with Gasteiger partial charge in [0.05, 0.1) is 22.8 Å². The minimum Gasteiger partial charge on any atom is -0.388 e. The van der Waals surface area contributed by atoms with Crippen molar-refractivity contribution in [2.45, 2.75) is 50.7 Å². The second kappa shape index (κ2) is 7.10. The first-order valence-electron chi connectivity index (χ1n) is 7.72. The van der Waals surface area contributed by atoms with Crippen LogP contribution in [0, 0.1) is 0 Å². The molecule has 0 atom stereocenters. The van der Waals surface area contributed by atoms with Crippen molar-refractivity contribution >= 4 is 32.4 Å². The minimum atomic E-state index is -0.574. The Morgan fingerprint density at radius 1 is 1.27 bits per heavy atom. The van der Waals surface area contributed by atoms with Gasteiger partial charge in [0, 0.05) is 23.8 Å². The van der Waals surface area contributed by atoms with Crippen molar-refractivity contribution in [3.8, 4) is 0 Å². The molecule has 2 aromatic rings. The molecule has 2 aromatic heterocycles. The quantitative estimate of drug-likeness (QED) is 0.772. The van der Waals surface area contributed by atoms with Crippen molar-refractivity contribution in [2.24, 2.45) is 0 Å². The maximum Gasteiger partial charge on any atom is 0.183 e. The maximum absolute atomic E-state index is 10.7. The van der Waals surface area contributed by atoms with E-state index in [1.807, 2.05) is 17.1 Å². The summed E-state index contributed by atoms with van der Waals surface area (Å²) in [7, 11) is 0. The van der Waals surface area contributed by atoms with Gasteiger partial charge in [-0.2, -0.15) is 5.10 Å². The molecule has 0 aromatic carbocycles. The standard InChI is InChI=1S/C15H21BrN4OS/c16-12-7-19-20(9-12)10-13-8-17-14(22-13)18-11-15(21)5-3-1-2-4-6-15/h7-9,21H,1-6,10-11H2,(H,17,18). The largest absolute Gasteiger partial charge is 0.388 e. The van der Waals surface area contributed by atoms with E-state index in [4.69, 9.17) is 0 Å². The number of rotatable bonds is 5. The molecule has 0 unspecified atom stereocenters. The molecule has 1 aliphatic rings. The Hall–Kier alpha value is -0.920. The van der Waals surface area contributed by atoms with E-state index in [1.54, 1.807) is 17.5 Å². The van der Waals surface area contributed by atoms with Crippen molar-refractivity contribution in [3.63, 3.8) is 0 Å². The zero-order chi connectivity index (χ0) is 15.4. The highest BCUT2D eigenvalue weighted by Gasteiger charge is 2.27. The van der Waals surface area contributed by atoms with Crippen molar-refractivity contribution < 1.29 is 5.11 Å². The first-order valence-corrected chi connectivity index (χ1v) is 9.33. The summed E-state index contributed by atoms with van der Waals surface area (Å²) in [5.74, 6) is 0. The second-order valence-electron chi connectivity index (χ2n) is 5.98. The third kappa shape index (κ3) is 4.30. The van der Waals surface area contributed by atoms with Gasteiger partial charge in [-0.3, -0.25) is 4.68 Å². The number of aliphatic hydroxyl groups is 1. The molecule has 5 nitrogen and oxygen atoms in total. The van der Waals surface area contributed by atoms with Gasteiger partial charge in [0.25, 0.3) is 0 Å². The molecule has 1 aliphatic carbocycles. The highest BCUT2D eigenvalue weighted by Crippen LogP contribution is 2.28. The van der Waals surface area contributed by atoms with Gasteiger partial charge in [-0.05, 0) is 28.8 Å². The van der Waals surface area contributed by atoms with Crippen LogP contribution >= 0.6 is 27.3 Å². The predicted molar refractivity (Wildman–Crippen MR) is 92.3 cm³/mol. The van der Waals surface area contributed by atoms with Crippen LogP contribution in [0.15, 0.2) is 23.1 Å². The number of halogens is 1. The SMILES string of the molecule is OC1(CNc2ncc(Cn3cc(Br)cn3)s2)CCCCCC1. The molecule has 0 spiro atoms. The molecule has 0 aliphatic heterocycles. The average molecular weight is 385 g/mol. The first kappa shape index (κ1) is 16.0. The fourth-order valence-electron chi connectivity index (χ4n) is 2.85. The van der Waals surface area contributed by atoms with Gasteiger partial charge in [0.15, 0.2) is 5.13 Å². The molecule has 120 valence electrons. The van der Waals surface area contributed by atoms with E-state index in [2.05, 4.69) is 31.3 Å². The fraction of sp³-hybridized carbons (Fsp3) is 0.600. The van der Waals surface area contributed by atoms with E-state index in [1.165, 1.54) is 12.8 Å². The topological polar surface area (TPSA) is 63.0 Å². The van der Waals surface area contributed by atoms with Crippen molar-refractivity contribution in [1.29, 1.82) is 0 Å². The van der Waals surface area contributed by atoms with Crippen LogP contribution in [0.2, 0.25) is 0 Å². The third-order valence-electron chi connectivity index (χ3n) is 4.08. The number of hydrogen-bond donors (Lipinski definition) is 2. The van der Waals surface area contributed by atoms with Crippen molar-refractivity contribution in [2.75, 3.05) is 11.9 Å². The van der Waals surface area contributed by atoms with E-state index >= 15 is 0 Å².